The lowest BCUT2D eigenvalue weighted by molar-refractivity contribution is -0.142. The van der Waals surface area contributed by atoms with E-state index in [0.717, 1.165) is 0 Å². The number of hydrogen-bond acceptors (Lipinski definition) is 6. The van der Waals surface area contributed by atoms with Crippen LogP contribution in [0.25, 0.3) is 16.5 Å². The second kappa shape index (κ2) is 9.42. The van der Waals surface area contributed by atoms with Crippen molar-refractivity contribution in [2.24, 2.45) is 0 Å². The van der Waals surface area contributed by atoms with E-state index in [2.05, 4.69) is 5.10 Å². The first-order chi connectivity index (χ1) is 18.1. The fourth-order valence-electron chi connectivity index (χ4n) is 4.72. The molecule has 1 atom stereocenters. The Morgan fingerprint density at radius 1 is 0.757 bits per heavy atom. The molecule has 1 aromatic heterocycles. The molecule has 0 unspecified atom stereocenters. The average molecular weight is 497 g/mol. The van der Waals surface area contributed by atoms with Gasteiger partial charge in [0, 0.05) is 31.6 Å². The van der Waals surface area contributed by atoms with Crippen molar-refractivity contribution in [3.8, 4) is 17.2 Å². The number of hydrogen-bond donors (Lipinski definition) is 0. The van der Waals surface area contributed by atoms with Crippen LogP contribution in [-0.4, -0.2) is 70.3 Å². The monoisotopic (exact) mass is 496 g/mol. The number of piperazine rings is 1. The standard InChI is InChI=1S/C28H24N4O5/c33-26-21-11-5-4-10-20(21)25(29-32(26)19-8-2-1-3-9-19)28(35)31-16-14-30(15-17-31)27(34)24-18-36-22-12-6-7-13-23(22)37-24/h1-13,24H,14-18H2/t24-/m0/s1. The molecule has 0 bridgehead atoms. The molecule has 2 amide bonds. The van der Waals surface area contributed by atoms with Crippen molar-refractivity contribution in [2.45, 2.75) is 6.10 Å². The van der Waals surface area contributed by atoms with Crippen molar-refractivity contribution < 1.29 is 19.1 Å². The summed E-state index contributed by atoms with van der Waals surface area (Å²) in [6.45, 7) is 1.56. The minimum atomic E-state index is -0.725. The summed E-state index contributed by atoms with van der Waals surface area (Å²) < 4.78 is 12.8. The van der Waals surface area contributed by atoms with E-state index < -0.39 is 6.10 Å². The normalized spacial score (nSPS) is 17.0. The molecule has 37 heavy (non-hydrogen) atoms. The summed E-state index contributed by atoms with van der Waals surface area (Å²) in [6, 6.07) is 23.3. The Morgan fingerprint density at radius 2 is 1.38 bits per heavy atom. The highest BCUT2D eigenvalue weighted by Gasteiger charge is 2.34. The molecular weight excluding hydrogens is 472 g/mol. The van der Waals surface area contributed by atoms with Crippen molar-refractivity contribution in [3.05, 3.63) is 94.9 Å². The van der Waals surface area contributed by atoms with Crippen LogP contribution in [0.4, 0.5) is 0 Å². The van der Waals surface area contributed by atoms with Gasteiger partial charge in [-0.15, -0.1) is 0 Å². The number of amides is 2. The molecule has 0 spiro atoms. The van der Waals surface area contributed by atoms with E-state index in [0.29, 0.717) is 54.1 Å². The van der Waals surface area contributed by atoms with Crippen LogP contribution in [-0.2, 0) is 4.79 Å². The van der Waals surface area contributed by atoms with Gasteiger partial charge in [0.25, 0.3) is 17.4 Å². The molecule has 0 N–H and O–H groups in total. The van der Waals surface area contributed by atoms with Crippen molar-refractivity contribution in [3.63, 3.8) is 0 Å². The maximum absolute atomic E-state index is 13.6. The lowest BCUT2D eigenvalue weighted by Crippen LogP contribution is -2.55. The van der Waals surface area contributed by atoms with Gasteiger partial charge in [0.1, 0.15) is 6.61 Å². The van der Waals surface area contributed by atoms with Crippen molar-refractivity contribution in [1.29, 1.82) is 0 Å². The SMILES string of the molecule is O=C(c1nn(-c2ccccc2)c(=O)c2ccccc12)N1CCN(C(=O)[C@@H]2COc3ccccc3O2)CC1. The molecule has 1 fully saturated rings. The van der Waals surface area contributed by atoms with Crippen LogP contribution in [0.3, 0.4) is 0 Å². The van der Waals surface area contributed by atoms with Gasteiger partial charge in [0.05, 0.1) is 11.1 Å². The fourth-order valence-corrected chi connectivity index (χ4v) is 4.72. The van der Waals surface area contributed by atoms with Crippen LogP contribution in [0.15, 0.2) is 83.7 Å². The lowest BCUT2D eigenvalue weighted by atomic mass is 10.1. The topological polar surface area (TPSA) is 94.0 Å². The van der Waals surface area contributed by atoms with E-state index in [1.165, 1.54) is 4.68 Å². The first kappa shape index (κ1) is 22.8. The van der Waals surface area contributed by atoms with Gasteiger partial charge >= 0.3 is 0 Å². The van der Waals surface area contributed by atoms with Gasteiger partial charge in [0.15, 0.2) is 17.2 Å². The van der Waals surface area contributed by atoms with E-state index >= 15 is 0 Å². The first-order valence-electron chi connectivity index (χ1n) is 12.1. The van der Waals surface area contributed by atoms with Crippen molar-refractivity contribution >= 4 is 22.6 Å². The zero-order valence-corrected chi connectivity index (χ0v) is 19.9. The predicted molar refractivity (Wildman–Crippen MR) is 136 cm³/mol. The molecule has 9 heteroatoms. The second-order valence-corrected chi connectivity index (χ2v) is 8.93. The molecule has 0 aliphatic carbocycles. The molecular formula is C28H24N4O5. The smallest absolute Gasteiger partial charge is 0.279 e. The first-order valence-corrected chi connectivity index (χ1v) is 12.1. The van der Waals surface area contributed by atoms with E-state index in [1.807, 2.05) is 30.3 Å². The van der Waals surface area contributed by atoms with Crippen LogP contribution in [0, 0.1) is 0 Å². The third-order valence-electron chi connectivity index (χ3n) is 6.67. The molecule has 186 valence electrons. The Labute approximate surface area is 212 Å². The quantitative estimate of drug-likeness (QED) is 0.433. The molecule has 1 saturated heterocycles. The minimum absolute atomic E-state index is 0.145. The average Bonchev–Trinajstić information content (AvgIpc) is 2.97. The summed E-state index contributed by atoms with van der Waals surface area (Å²) in [5.74, 6) is 0.730. The molecule has 0 saturated carbocycles. The summed E-state index contributed by atoms with van der Waals surface area (Å²) in [5.41, 5.74) is 0.503. The molecule has 2 aliphatic rings. The third-order valence-corrected chi connectivity index (χ3v) is 6.67. The number of nitrogens with zero attached hydrogens (tertiary/aromatic N) is 4. The Bertz CT molecular complexity index is 1540. The largest absolute Gasteiger partial charge is 0.485 e. The predicted octanol–water partition coefficient (Wildman–Crippen LogP) is 2.51. The summed E-state index contributed by atoms with van der Waals surface area (Å²) in [6.07, 6.45) is -0.725. The summed E-state index contributed by atoms with van der Waals surface area (Å²) in [7, 11) is 0. The number of carbonyl (C=O) groups excluding carboxylic acids is 2. The Hall–Kier alpha value is -4.66. The zero-order valence-electron chi connectivity index (χ0n) is 19.9. The van der Waals surface area contributed by atoms with E-state index in [9.17, 15) is 14.4 Å². The van der Waals surface area contributed by atoms with Gasteiger partial charge in [-0.3, -0.25) is 14.4 Å². The highest BCUT2D eigenvalue weighted by Crippen LogP contribution is 2.31. The maximum Gasteiger partial charge on any atom is 0.279 e. The number of aromatic nitrogens is 2. The van der Waals surface area contributed by atoms with E-state index in [-0.39, 0.29) is 29.7 Å². The van der Waals surface area contributed by atoms with Gasteiger partial charge in [-0.05, 0) is 30.3 Å². The summed E-state index contributed by atoms with van der Waals surface area (Å²) in [4.78, 5) is 43.2. The third kappa shape index (κ3) is 4.18. The van der Waals surface area contributed by atoms with Gasteiger partial charge in [0.2, 0.25) is 6.10 Å². The number of para-hydroxylation sites is 3. The minimum Gasteiger partial charge on any atom is -0.485 e. The number of carbonyl (C=O) groups is 2. The van der Waals surface area contributed by atoms with E-state index in [1.54, 1.807) is 58.3 Å². The van der Waals surface area contributed by atoms with Crippen LogP contribution in [0.2, 0.25) is 0 Å². The molecule has 0 radical (unpaired) electrons. The lowest BCUT2D eigenvalue weighted by Gasteiger charge is -2.37. The number of rotatable bonds is 3. The summed E-state index contributed by atoms with van der Waals surface area (Å²) >= 11 is 0. The molecule has 6 rings (SSSR count). The van der Waals surface area contributed by atoms with Crippen LogP contribution in [0.1, 0.15) is 10.5 Å². The number of fused-ring (bicyclic) bond motifs is 2. The Kier molecular flexibility index (Phi) is 5.80. The Morgan fingerprint density at radius 3 is 2.14 bits per heavy atom. The second-order valence-electron chi connectivity index (χ2n) is 8.93. The fraction of sp³-hybridized carbons (Fsp3) is 0.214. The van der Waals surface area contributed by atoms with Crippen LogP contribution >= 0.6 is 0 Å². The zero-order chi connectivity index (χ0) is 25.4. The van der Waals surface area contributed by atoms with Gasteiger partial charge < -0.3 is 19.3 Å². The molecule has 3 aromatic carbocycles. The molecule has 2 aliphatic heterocycles. The number of ether oxygens (including phenoxy) is 2. The highest BCUT2D eigenvalue weighted by molar-refractivity contribution is 6.05. The van der Waals surface area contributed by atoms with Crippen LogP contribution in [0.5, 0.6) is 11.5 Å². The number of benzene rings is 3. The molecule has 3 heterocycles. The van der Waals surface area contributed by atoms with Crippen molar-refractivity contribution in [2.75, 3.05) is 32.8 Å². The maximum atomic E-state index is 13.6. The summed E-state index contributed by atoms with van der Waals surface area (Å²) in [5, 5.41) is 5.42. The van der Waals surface area contributed by atoms with E-state index in [4.69, 9.17) is 9.47 Å². The molecule has 4 aromatic rings. The highest BCUT2D eigenvalue weighted by atomic mass is 16.6. The van der Waals surface area contributed by atoms with Gasteiger partial charge in [-0.1, -0.05) is 48.5 Å². The van der Waals surface area contributed by atoms with Crippen LogP contribution < -0.4 is 15.0 Å². The Balaban J connectivity index is 1.21. The molecule has 9 nitrogen and oxygen atoms in total. The van der Waals surface area contributed by atoms with Crippen molar-refractivity contribution in [1.82, 2.24) is 19.6 Å². The van der Waals surface area contributed by atoms with Gasteiger partial charge in [-0.25, -0.2) is 0 Å². The van der Waals surface area contributed by atoms with Gasteiger partial charge in [-0.2, -0.15) is 9.78 Å².